The van der Waals surface area contributed by atoms with Crippen LogP contribution in [-0.2, 0) is 0 Å². The zero-order valence-corrected chi connectivity index (χ0v) is 13.8. The van der Waals surface area contributed by atoms with Crippen molar-refractivity contribution in [1.29, 1.82) is 5.26 Å². The van der Waals surface area contributed by atoms with E-state index in [1.54, 1.807) is 20.9 Å². The van der Waals surface area contributed by atoms with Crippen molar-refractivity contribution in [2.45, 2.75) is 12.8 Å². The number of nitrogens with one attached hydrogen (secondary N) is 1. The lowest BCUT2D eigenvalue weighted by atomic mass is 10.3. The van der Waals surface area contributed by atoms with E-state index in [4.69, 9.17) is 5.26 Å². The molecule has 17 heavy (non-hydrogen) atoms. The van der Waals surface area contributed by atoms with Crippen LogP contribution < -0.4 is 5.32 Å². The van der Waals surface area contributed by atoms with E-state index in [0.717, 1.165) is 25.1 Å². The summed E-state index contributed by atoms with van der Waals surface area (Å²) in [5.41, 5.74) is 0. The molecule has 0 aromatic rings. The number of guanidine groups is 1. The molecule has 0 radical (unpaired) electrons. The zero-order chi connectivity index (χ0) is 13.3. The highest BCUT2D eigenvalue weighted by molar-refractivity contribution is 9.33. The quantitative estimate of drug-likeness (QED) is 0.176. The highest BCUT2D eigenvalue weighted by Crippen LogP contribution is 2.62. The molecule has 0 heterocycles. The third-order valence-electron chi connectivity index (χ3n) is 1.97. The van der Waals surface area contributed by atoms with Crippen LogP contribution in [0.5, 0.6) is 0 Å². The normalized spacial score (nSPS) is 16.8. The minimum atomic E-state index is -0.892. The summed E-state index contributed by atoms with van der Waals surface area (Å²) in [6.45, 7) is 0.819. The van der Waals surface area contributed by atoms with Crippen molar-refractivity contribution < 1.29 is 0 Å². The number of rotatable bonds is 6. The van der Waals surface area contributed by atoms with Crippen LogP contribution >= 0.6 is 41.2 Å². The molecule has 8 heteroatoms. The van der Waals surface area contributed by atoms with Gasteiger partial charge in [0.2, 0.25) is 12.2 Å². The van der Waals surface area contributed by atoms with Gasteiger partial charge in [-0.25, -0.2) is 0 Å². The van der Waals surface area contributed by atoms with Crippen LogP contribution in [0.4, 0.5) is 0 Å². The summed E-state index contributed by atoms with van der Waals surface area (Å²) < 4.78 is 0. The second kappa shape index (κ2) is 9.14. The second-order valence-electron chi connectivity index (χ2n) is 3.80. The number of unbranched alkanes of at least 4 members (excludes halogenated alkanes) is 1. The van der Waals surface area contributed by atoms with E-state index in [-0.39, 0.29) is 0 Å². The van der Waals surface area contributed by atoms with Crippen LogP contribution in [0.1, 0.15) is 12.8 Å². The summed E-state index contributed by atoms with van der Waals surface area (Å²) in [4.78, 5) is 5.49. The minimum Gasteiger partial charge on any atom is -0.355 e. The van der Waals surface area contributed by atoms with Gasteiger partial charge in [0, 0.05) is 20.6 Å². The Labute approximate surface area is 119 Å². The van der Waals surface area contributed by atoms with Crippen molar-refractivity contribution in [3.63, 3.8) is 0 Å². The molecule has 0 aliphatic carbocycles. The molecule has 1 atom stereocenters. The summed E-state index contributed by atoms with van der Waals surface area (Å²) in [6.07, 6.45) is 6.07. The first-order chi connectivity index (χ1) is 7.93. The van der Waals surface area contributed by atoms with Gasteiger partial charge < -0.3 is 10.2 Å². The van der Waals surface area contributed by atoms with E-state index in [9.17, 15) is 0 Å². The average Bonchev–Trinajstić information content (AvgIpc) is 2.27. The van der Waals surface area contributed by atoms with Gasteiger partial charge in [-0.3, -0.25) is 0 Å². The molecule has 0 aliphatic rings. The van der Waals surface area contributed by atoms with E-state index < -0.39 is 8.09 Å². The van der Waals surface area contributed by atoms with Gasteiger partial charge in [-0.1, -0.05) is 0 Å². The Morgan fingerprint density at radius 2 is 2.18 bits per heavy atom. The Morgan fingerprint density at radius 3 is 2.65 bits per heavy atom. The second-order valence-corrected chi connectivity index (χ2v) is 13.4. The molecule has 100 valence electrons. The first-order valence-corrected chi connectivity index (χ1v) is 10.8. The summed E-state index contributed by atoms with van der Waals surface area (Å²) in [7, 11) is 4.37. The van der Waals surface area contributed by atoms with Crippen molar-refractivity contribution in [2.24, 2.45) is 4.99 Å². The maximum atomic E-state index is 8.50. The topological polar surface area (TPSA) is 51.4 Å². The SMILES string of the molecule is CN(C)/C(=N\C#N)NCCCCS(C)(S)SS. The smallest absolute Gasteiger partial charge is 0.209 e. The molecule has 0 aromatic carbocycles. The van der Waals surface area contributed by atoms with Gasteiger partial charge in [0.1, 0.15) is 0 Å². The molecular weight excluding hydrogens is 292 g/mol. The standard InChI is InChI=1S/C9H20N4S4/c1-13(2)9(12-8-10)11-6-4-5-7-17(3,15)16-14/h14-15H,4-7H2,1-3H3,(H,11,12). The number of thiol groups is 2. The van der Waals surface area contributed by atoms with Crippen molar-refractivity contribution in [2.75, 3.05) is 32.6 Å². The van der Waals surface area contributed by atoms with Crippen LogP contribution in [0.3, 0.4) is 0 Å². The van der Waals surface area contributed by atoms with Gasteiger partial charge in [-0.05, 0) is 34.7 Å². The van der Waals surface area contributed by atoms with Crippen molar-refractivity contribution >= 4 is 47.2 Å². The number of nitrogens with zero attached hydrogens (tertiary/aromatic N) is 3. The molecule has 1 unspecified atom stereocenters. The number of hydrogen-bond donors (Lipinski definition) is 3. The third-order valence-corrected chi connectivity index (χ3v) is 10.0. The predicted molar refractivity (Wildman–Crippen MR) is 87.9 cm³/mol. The zero-order valence-electron chi connectivity index (χ0n) is 10.4. The summed E-state index contributed by atoms with van der Waals surface area (Å²) in [5.74, 6) is 1.69. The molecule has 0 bridgehead atoms. The molecule has 0 rings (SSSR count). The highest BCUT2D eigenvalue weighted by Gasteiger charge is 2.10. The van der Waals surface area contributed by atoms with Gasteiger partial charge >= 0.3 is 0 Å². The summed E-state index contributed by atoms with van der Waals surface area (Å²) in [5, 5.41) is 11.6. The van der Waals surface area contributed by atoms with Crippen LogP contribution in [0.25, 0.3) is 0 Å². The van der Waals surface area contributed by atoms with E-state index in [0.29, 0.717) is 5.96 Å². The van der Waals surface area contributed by atoms with Crippen LogP contribution in [-0.4, -0.2) is 43.5 Å². The molecule has 0 saturated carbocycles. The number of nitriles is 1. The summed E-state index contributed by atoms with van der Waals surface area (Å²) >= 11 is 8.78. The maximum absolute atomic E-state index is 8.50. The fourth-order valence-electron chi connectivity index (χ4n) is 1.08. The fourth-order valence-corrected chi connectivity index (χ4v) is 3.53. The number of hydrogen-bond acceptors (Lipinski definition) is 5. The van der Waals surface area contributed by atoms with Crippen molar-refractivity contribution in [1.82, 2.24) is 10.2 Å². The van der Waals surface area contributed by atoms with Crippen molar-refractivity contribution in [3.05, 3.63) is 0 Å². The van der Waals surface area contributed by atoms with E-state index in [1.807, 2.05) is 14.1 Å². The Bertz CT molecular complexity index is 285. The maximum Gasteiger partial charge on any atom is 0.209 e. The van der Waals surface area contributed by atoms with Gasteiger partial charge in [0.05, 0.1) is 0 Å². The Morgan fingerprint density at radius 1 is 1.53 bits per heavy atom. The van der Waals surface area contributed by atoms with Crippen LogP contribution in [0.2, 0.25) is 0 Å². The molecule has 0 aliphatic heterocycles. The molecule has 0 spiro atoms. The van der Waals surface area contributed by atoms with Gasteiger partial charge in [-0.15, -0.1) is 36.4 Å². The van der Waals surface area contributed by atoms with Gasteiger partial charge in [-0.2, -0.15) is 5.26 Å². The first-order valence-electron chi connectivity index (χ1n) is 5.12. The van der Waals surface area contributed by atoms with Crippen LogP contribution in [0, 0.1) is 11.5 Å². The lowest BCUT2D eigenvalue weighted by Crippen LogP contribution is -2.36. The van der Waals surface area contributed by atoms with Gasteiger partial charge in [0.25, 0.3) is 0 Å². The minimum absolute atomic E-state index is 0.608. The van der Waals surface area contributed by atoms with Crippen molar-refractivity contribution in [3.8, 4) is 6.19 Å². The number of aliphatic imine (C=N–C) groups is 1. The Hall–Kier alpha value is 0.160. The van der Waals surface area contributed by atoms with Gasteiger partial charge in [0.15, 0.2) is 0 Å². The van der Waals surface area contributed by atoms with E-state index in [1.165, 1.54) is 0 Å². The van der Waals surface area contributed by atoms with E-state index in [2.05, 4.69) is 39.9 Å². The molecule has 0 saturated heterocycles. The largest absolute Gasteiger partial charge is 0.355 e. The third kappa shape index (κ3) is 8.83. The van der Waals surface area contributed by atoms with E-state index >= 15 is 0 Å². The summed E-state index contributed by atoms with van der Waals surface area (Å²) in [6, 6.07) is 0. The molecule has 0 aromatic heterocycles. The monoisotopic (exact) mass is 312 g/mol. The lowest BCUT2D eigenvalue weighted by molar-refractivity contribution is 0.579. The molecule has 4 nitrogen and oxygen atoms in total. The average molecular weight is 313 g/mol. The molecular formula is C9H20N4S4. The predicted octanol–water partition coefficient (Wildman–Crippen LogP) is 2.53. The molecule has 1 N–H and O–H groups in total. The Balaban J connectivity index is 3.78. The highest BCUT2D eigenvalue weighted by atomic mass is 33.7. The molecule has 0 amide bonds. The van der Waals surface area contributed by atoms with Crippen LogP contribution in [0.15, 0.2) is 4.99 Å². The first kappa shape index (κ1) is 17.2. The molecule has 0 fully saturated rings. The Kier molecular flexibility index (Phi) is 9.22. The lowest BCUT2D eigenvalue weighted by Gasteiger charge is -2.25. The fraction of sp³-hybridized carbons (Fsp3) is 0.778.